The maximum Gasteiger partial charge on any atom is 0.120 e. The van der Waals surface area contributed by atoms with Gasteiger partial charge in [0.15, 0.2) is 0 Å². The van der Waals surface area contributed by atoms with E-state index in [-0.39, 0.29) is 11.6 Å². The third kappa shape index (κ3) is 3.52. The first-order valence-electron chi connectivity index (χ1n) is 6.95. The largest absolute Gasteiger partial charge is 0.508 e. The molecule has 0 saturated carbocycles. The smallest absolute Gasteiger partial charge is 0.120 e. The molecule has 2 unspecified atom stereocenters. The van der Waals surface area contributed by atoms with Crippen LogP contribution in [0.4, 0.5) is 0 Å². The van der Waals surface area contributed by atoms with Crippen molar-refractivity contribution in [3.8, 4) is 5.75 Å². The molecule has 1 saturated heterocycles. The number of benzene rings is 1. The van der Waals surface area contributed by atoms with E-state index in [1.54, 1.807) is 13.2 Å². The lowest BCUT2D eigenvalue weighted by atomic mass is 9.99. The van der Waals surface area contributed by atoms with E-state index in [9.17, 15) is 5.11 Å². The van der Waals surface area contributed by atoms with Crippen LogP contribution in [0.1, 0.15) is 31.4 Å². The molecule has 2 atom stereocenters. The van der Waals surface area contributed by atoms with Crippen molar-refractivity contribution in [1.29, 1.82) is 0 Å². The standard InChI is InChI=1S/C15H22BrNO3/c1-3-13(12-8-11(16)4-5-14(12)18)17-9-15(19-2)6-7-20-10-15/h4-5,8,13,17-18H,3,6-7,9-10H2,1-2H3. The molecule has 4 nitrogen and oxygen atoms in total. The Morgan fingerprint density at radius 3 is 2.95 bits per heavy atom. The molecular weight excluding hydrogens is 322 g/mol. The molecule has 1 aromatic carbocycles. The fraction of sp³-hybridized carbons (Fsp3) is 0.600. The molecule has 1 aliphatic heterocycles. The molecule has 5 heteroatoms. The summed E-state index contributed by atoms with van der Waals surface area (Å²) in [7, 11) is 1.73. The number of hydrogen-bond donors (Lipinski definition) is 2. The summed E-state index contributed by atoms with van der Waals surface area (Å²) in [6.45, 7) is 4.18. The predicted molar refractivity (Wildman–Crippen MR) is 82.0 cm³/mol. The Morgan fingerprint density at radius 2 is 2.35 bits per heavy atom. The highest BCUT2D eigenvalue weighted by Crippen LogP contribution is 2.30. The Bertz CT molecular complexity index is 447. The van der Waals surface area contributed by atoms with Crippen LogP contribution in [0, 0.1) is 0 Å². The van der Waals surface area contributed by atoms with Gasteiger partial charge in [0.05, 0.1) is 6.61 Å². The molecule has 0 aliphatic carbocycles. The summed E-state index contributed by atoms with van der Waals surface area (Å²) in [5.41, 5.74) is 0.668. The van der Waals surface area contributed by atoms with E-state index in [2.05, 4.69) is 28.2 Å². The predicted octanol–water partition coefficient (Wildman–Crippen LogP) is 3.00. The van der Waals surface area contributed by atoms with Crippen molar-refractivity contribution in [2.45, 2.75) is 31.4 Å². The van der Waals surface area contributed by atoms with Crippen LogP contribution in [0.2, 0.25) is 0 Å². The molecule has 0 spiro atoms. The van der Waals surface area contributed by atoms with Crippen LogP contribution in [-0.2, 0) is 9.47 Å². The van der Waals surface area contributed by atoms with Crippen molar-refractivity contribution in [2.24, 2.45) is 0 Å². The second-order valence-corrected chi connectivity index (χ2v) is 6.15. The summed E-state index contributed by atoms with van der Waals surface area (Å²) in [6, 6.07) is 5.61. The van der Waals surface area contributed by atoms with Crippen molar-refractivity contribution in [1.82, 2.24) is 5.32 Å². The lowest BCUT2D eigenvalue weighted by Crippen LogP contribution is -2.44. The zero-order chi connectivity index (χ0) is 14.6. The van der Waals surface area contributed by atoms with Crippen molar-refractivity contribution < 1.29 is 14.6 Å². The maximum absolute atomic E-state index is 10.0. The highest BCUT2D eigenvalue weighted by atomic mass is 79.9. The minimum atomic E-state index is -0.241. The van der Waals surface area contributed by atoms with Crippen molar-refractivity contribution in [3.63, 3.8) is 0 Å². The Morgan fingerprint density at radius 1 is 1.55 bits per heavy atom. The van der Waals surface area contributed by atoms with Crippen LogP contribution in [0.3, 0.4) is 0 Å². The molecule has 20 heavy (non-hydrogen) atoms. The Balaban J connectivity index is 2.07. The maximum atomic E-state index is 10.0. The van der Waals surface area contributed by atoms with E-state index >= 15 is 0 Å². The van der Waals surface area contributed by atoms with Crippen LogP contribution in [-0.4, -0.2) is 37.6 Å². The van der Waals surface area contributed by atoms with Gasteiger partial charge in [-0.25, -0.2) is 0 Å². The van der Waals surface area contributed by atoms with Crippen molar-refractivity contribution >= 4 is 15.9 Å². The number of methoxy groups -OCH3 is 1. The number of hydrogen-bond acceptors (Lipinski definition) is 4. The second kappa shape index (κ2) is 6.89. The van der Waals surface area contributed by atoms with Crippen LogP contribution in [0.5, 0.6) is 5.75 Å². The van der Waals surface area contributed by atoms with Crippen molar-refractivity contribution in [2.75, 3.05) is 26.9 Å². The van der Waals surface area contributed by atoms with Gasteiger partial charge in [-0.1, -0.05) is 22.9 Å². The summed E-state index contributed by atoms with van der Waals surface area (Å²) in [6.07, 6.45) is 1.79. The van der Waals surface area contributed by atoms with Gasteiger partial charge in [0.1, 0.15) is 11.4 Å². The zero-order valence-electron chi connectivity index (χ0n) is 12.0. The number of nitrogens with one attached hydrogen (secondary N) is 1. The lowest BCUT2D eigenvalue weighted by Gasteiger charge is -2.29. The van der Waals surface area contributed by atoms with Gasteiger partial charge in [-0.2, -0.15) is 0 Å². The minimum absolute atomic E-state index is 0.0973. The minimum Gasteiger partial charge on any atom is -0.508 e. The van der Waals surface area contributed by atoms with Crippen LogP contribution in [0.25, 0.3) is 0 Å². The Kier molecular flexibility index (Phi) is 5.43. The van der Waals surface area contributed by atoms with E-state index in [0.717, 1.165) is 29.5 Å². The summed E-state index contributed by atoms with van der Waals surface area (Å²) in [4.78, 5) is 0. The highest BCUT2D eigenvalue weighted by Gasteiger charge is 2.35. The average molecular weight is 344 g/mol. The Labute approximate surface area is 128 Å². The number of ether oxygens (including phenoxy) is 2. The van der Waals surface area contributed by atoms with Crippen molar-refractivity contribution in [3.05, 3.63) is 28.2 Å². The zero-order valence-corrected chi connectivity index (χ0v) is 13.6. The third-order valence-corrected chi connectivity index (χ3v) is 4.44. The van der Waals surface area contributed by atoms with Gasteiger partial charge in [-0.3, -0.25) is 0 Å². The van der Waals surface area contributed by atoms with Crippen LogP contribution in [0.15, 0.2) is 22.7 Å². The number of phenols is 1. The molecule has 1 aliphatic rings. The van der Waals surface area contributed by atoms with E-state index in [0.29, 0.717) is 18.9 Å². The summed E-state index contributed by atoms with van der Waals surface area (Å²) < 4.78 is 12.0. The molecule has 0 aromatic heterocycles. The molecule has 0 radical (unpaired) electrons. The van der Waals surface area contributed by atoms with Gasteiger partial charge < -0.3 is 19.9 Å². The third-order valence-electron chi connectivity index (χ3n) is 3.94. The number of aromatic hydroxyl groups is 1. The quantitative estimate of drug-likeness (QED) is 0.833. The van der Waals surface area contributed by atoms with Gasteiger partial charge in [-0.15, -0.1) is 0 Å². The molecule has 2 rings (SSSR count). The molecule has 1 heterocycles. The highest BCUT2D eigenvalue weighted by molar-refractivity contribution is 9.10. The number of halogens is 1. The first-order valence-corrected chi connectivity index (χ1v) is 7.74. The SMILES string of the molecule is CCC(NCC1(OC)CCOC1)c1cc(Br)ccc1O. The number of rotatable bonds is 6. The van der Waals surface area contributed by atoms with E-state index < -0.39 is 0 Å². The summed E-state index contributed by atoms with van der Waals surface area (Å²) in [5, 5.41) is 13.5. The lowest BCUT2D eigenvalue weighted by molar-refractivity contribution is -0.0176. The van der Waals surface area contributed by atoms with Crippen LogP contribution < -0.4 is 5.32 Å². The first-order chi connectivity index (χ1) is 9.60. The fourth-order valence-corrected chi connectivity index (χ4v) is 2.93. The molecule has 0 bridgehead atoms. The van der Waals surface area contributed by atoms with Gasteiger partial charge in [-0.05, 0) is 24.6 Å². The summed E-state index contributed by atoms with van der Waals surface area (Å²) in [5.74, 6) is 0.321. The molecule has 2 N–H and O–H groups in total. The topological polar surface area (TPSA) is 50.7 Å². The second-order valence-electron chi connectivity index (χ2n) is 5.23. The monoisotopic (exact) mass is 343 g/mol. The summed E-state index contributed by atoms with van der Waals surface area (Å²) >= 11 is 3.45. The Hall–Kier alpha value is -0.620. The van der Waals surface area contributed by atoms with E-state index in [1.807, 2.05) is 12.1 Å². The molecule has 112 valence electrons. The van der Waals surface area contributed by atoms with Gasteiger partial charge in [0, 0.05) is 42.8 Å². The molecule has 1 fully saturated rings. The molecular formula is C15H22BrNO3. The van der Waals surface area contributed by atoms with E-state index in [1.165, 1.54) is 0 Å². The fourth-order valence-electron chi connectivity index (χ4n) is 2.55. The van der Waals surface area contributed by atoms with Gasteiger partial charge >= 0.3 is 0 Å². The van der Waals surface area contributed by atoms with Gasteiger partial charge in [0.25, 0.3) is 0 Å². The van der Waals surface area contributed by atoms with E-state index in [4.69, 9.17) is 9.47 Å². The first kappa shape index (κ1) is 15.8. The number of phenolic OH excluding ortho intramolecular Hbond substituents is 1. The van der Waals surface area contributed by atoms with Gasteiger partial charge in [0.2, 0.25) is 0 Å². The normalized spacial score (nSPS) is 23.9. The molecule has 0 amide bonds. The average Bonchev–Trinajstić information content (AvgIpc) is 2.92. The van der Waals surface area contributed by atoms with Crippen LogP contribution >= 0.6 is 15.9 Å². The molecule has 1 aromatic rings.